The Morgan fingerprint density at radius 3 is 2.14 bits per heavy atom. The van der Waals surface area contributed by atoms with Crippen LogP contribution in [-0.4, -0.2) is 37.3 Å². The van der Waals surface area contributed by atoms with E-state index in [-0.39, 0.29) is 0 Å². The van der Waals surface area contributed by atoms with Gasteiger partial charge in [0.2, 0.25) is 0 Å². The highest BCUT2D eigenvalue weighted by Gasteiger charge is 2.20. The molecule has 0 radical (unpaired) electrons. The Kier molecular flexibility index (Phi) is 6.89. The predicted octanol–water partition coefficient (Wildman–Crippen LogP) is 6.27. The number of hydrogen-bond donors (Lipinski definition) is 0. The maximum atomic E-state index is 6.00. The van der Waals surface area contributed by atoms with Crippen molar-refractivity contribution in [2.75, 3.05) is 32.8 Å². The van der Waals surface area contributed by atoms with Gasteiger partial charge in [-0.15, -0.1) is 0 Å². The summed E-state index contributed by atoms with van der Waals surface area (Å²) in [5, 5.41) is 2.56. The molecule has 0 spiro atoms. The first-order chi connectivity index (χ1) is 13.7. The first-order valence-electron chi connectivity index (χ1n) is 10.4. The third kappa shape index (κ3) is 4.82. The Hall–Kier alpha value is -2.58. The Labute approximate surface area is 169 Å². The van der Waals surface area contributed by atoms with Crippen LogP contribution in [0.2, 0.25) is 0 Å². The summed E-state index contributed by atoms with van der Waals surface area (Å²) in [7, 11) is 0. The molecule has 3 rings (SSSR count). The van der Waals surface area contributed by atoms with Gasteiger partial charge in [0.25, 0.3) is 0 Å². The fourth-order valence-electron chi connectivity index (χ4n) is 3.76. The second-order valence-electron chi connectivity index (χ2n) is 7.33. The van der Waals surface area contributed by atoms with Gasteiger partial charge in [-0.3, -0.25) is 0 Å². The second kappa shape index (κ2) is 9.57. The van der Waals surface area contributed by atoms with E-state index in [4.69, 9.17) is 4.74 Å². The normalized spacial score (nSPS) is 12.0. The lowest BCUT2D eigenvalue weighted by Crippen LogP contribution is -2.49. The summed E-state index contributed by atoms with van der Waals surface area (Å²) in [6, 6.07) is 23.3. The van der Waals surface area contributed by atoms with Gasteiger partial charge in [-0.25, -0.2) is 0 Å². The molecule has 0 saturated carbocycles. The predicted molar refractivity (Wildman–Crippen MR) is 122 cm³/mol. The molecule has 0 fully saturated rings. The van der Waals surface area contributed by atoms with Crippen molar-refractivity contribution in [2.45, 2.75) is 20.8 Å². The average Bonchev–Trinajstić information content (AvgIpc) is 2.76. The van der Waals surface area contributed by atoms with E-state index in [9.17, 15) is 0 Å². The number of rotatable bonds is 9. The lowest BCUT2D eigenvalue weighted by Gasteiger charge is -2.35. The monoisotopic (exact) mass is 374 g/mol. The molecule has 0 aliphatic carbocycles. The lowest BCUT2D eigenvalue weighted by atomic mass is 10.0. The van der Waals surface area contributed by atoms with E-state index in [1.807, 2.05) is 0 Å². The van der Waals surface area contributed by atoms with Crippen molar-refractivity contribution in [3.8, 4) is 5.75 Å². The third-order valence-electron chi connectivity index (χ3n) is 6.01. The SMILES string of the molecule is CC[N+](CC)(CC)CCOc1ccc(C=Cc2cccc3ccccc23)cc1. The number of fused-ring (bicyclic) bond motifs is 1. The van der Waals surface area contributed by atoms with Crippen LogP contribution in [0.25, 0.3) is 22.9 Å². The molecular formula is C26H32NO+. The third-order valence-corrected chi connectivity index (χ3v) is 6.01. The molecule has 2 nitrogen and oxygen atoms in total. The van der Waals surface area contributed by atoms with Gasteiger partial charge in [0.15, 0.2) is 0 Å². The number of likely N-dealkylation sites (N-methyl/N-ethyl adjacent to an activating group) is 1. The number of quaternary nitrogens is 1. The van der Waals surface area contributed by atoms with Gasteiger partial charge in [0.05, 0.1) is 19.6 Å². The minimum Gasteiger partial charge on any atom is -0.488 e. The zero-order valence-electron chi connectivity index (χ0n) is 17.4. The Morgan fingerprint density at radius 2 is 1.43 bits per heavy atom. The molecule has 0 aliphatic rings. The van der Waals surface area contributed by atoms with E-state index in [2.05, 4.69) is 99.7 Å². The summed E-state index contributed by atoms with van der Waals surface area (Å²) in [4.78, 5) is 0. The van der Waals surface area contributed by atoms with Gasteiger partial charge in [0, 0.05) is 0 Å². The van der Waals surface area contributed by atoms with Crippen molar-refractivity contribution >= 4 is 22.9 Å². The molecule has 0 aliphatic heterocycles. The van der Waals surface area contributed by atoms with E-state index in [0.717, 1.165) is 43.0 Å². The molecule has 0 bridgehead atoms. The summed E-state index contributed by atoms with van der Waals surface area (Å²) in [5.41, 5.74) is 2.42. The van der Waals surface area contributed by atoms with Crippen LogP contribution in [0.5, 0.6) is 5.75 Å². The van der Waals surface area contributed by atoms with Gasteiger partial charge in [-0.1, -0.05) is 66.7 Å². The topological polar surface area (TPSA) is 9.23 Å². The second-order valence-corrected chi connectivity index (χ2v) is 7.33. The van der Waals surface area contributed by atoms with Crippen LogP contribution in [-0.2, 0) is 0 Å². The summed E-state index contributed by atoms with van der Waals surface area (Å²) in [6.07, 6.45) is 4.35. The van der Waals surface area contributed by atoms with E-state index < -0.39 is 0 Å². The van der Waals surface area contributed by atoms with Gasteiger partial charge >= 0.3 is 0 Å². The standard InChI is InChI=1S/C26H32NO/c1-4-27(5-2,6-3)20-21-28-25-18-15-22(16-19-25)14-17-24-12-9-11-23-10-7-8-13-26(23)24/h7-19H,4-6,20-21H2,1-3H3/q+1. The molecule has 0 atom stereocenters. The summed E-state index contributed by atoms with van der Waals surface area (Å²) >= 11 is 0. The smallest absolute Gasteiger partial charge is 0.137 e. The van der Waals surface area contributed by atoms with Crippen molar-refractivity contribution in [3.05, 3.63) is 77.9 Å². The zero-order chi connectivity index (χ0) is 19.8. The average molecular weight is 375 g/mol. The largest absolute Gasteiger partial charge is 0.488 e. The van der Waals surface area contributed by atoms with Gasteiger partial charge in [0.1, 0.15) is 18.9 Å². The number of hydrogen-bond acceptors (Lipinski definition) is 1. The lowest BCUT2D eigenvalue weighted by molar-refractivity contribution is -0.923. The van der Waals surface area contributed by atoms with E-state index >= 15 is 0 Å². The molecule has 0 saturated heterocycles. The molecule has 0 aromatic heterocycles. The van der Waals surface area contributed by atoms with Crippen LogP contribution >= 0.6 is 0 Å². The summed E-state index contributed by atoms with van der Waals surface area (Å²) < 4.78 is 7.12. The van der Waals surface area contributed by atoms with Crippen LogP contribution in [0, 0.1) is 0 Å². The van der Waals surface area contributed by atoms with Crippen LogP contribution in [0.4, 0.5) is 0 Å². The Balaban J connectivity index is 1.62. The van der Waals surface area contributed by atoms with E-state index in [0.29, 0.717) is 0 Å². The molecule has 0 N–H and O–H groups in total. The summed E-state index contributed by atoms with van der Waals surface area (Å²) in [5.74, 6) is 0.948. The molecule has 0 amide bonds. The maximum Gasteiger partial charge on any atom is 0.137 e. The van der Waals surface area contributed by atoms with Gasteiger partial charge in [-0.05, 0) is 54.8 Å². The maximum absolute atomic E-state index is 6.00. The molecule has 3 aromatic carbocycles. The van der Waals surface area contributed by atoms with Crippen molar-refractivity contribution < 1.29 is 9.22 Å². The molecule has 0 heterocycles. The van der Waals surface area contributed by atoms with E-state index in [1.54, 1.807) is 0 Å². The van der Waals surface area contributed by atoms with Crippen molar-refractivity contribution in [3.63, 3.8) is 0 Å². The number of benzene rings is 3. The van der Waals surface area contributed by atoms with Crippen molar-refractivity contribution in [1.82, 2.24) is 0 Å². The minimum atomic E-state index is 0.765. The van der Waals surface area contributed by atoms with Crippen molar-refractivity contribution in [2.24, 2.45) is 0 Å². The fourth-order valence-corrected chi connectivity index (χ4v) is 3.76. The molecule has 146 valence electrons. The number of ether oxygens (including phenoxy) is 1. The number of nitrogens with zero attached hydrogens (tertiary/aromatic N) is 1. The first-order valence-corrected chi connectivity index (χ1v) is 10.4. The molecular weight excluding hydrogens is 342 g/mol. The Morgan fingerprint density at radius 1 is 0.750 bits per heavy atom. The summed E-state index contributed by atoms with van der Waals surface area (Å²) in [6.45, 7) is 12.1. The highest BCUT2D eigenvalue weighted by atomic mass is 16.5. The quantitative estimate of drug-likeness (QED) is 0.317. The highest BCUT2D eigenvalue weighted by molar-refractivity contribution is 5.92. The molecule has 2 heteroatoms. The van der Waals surface area contributed by atoms with E-state index in [1.165, 1.54) is 21.9 Å². The van der Waals surface area contributed by atoms with Gasteiger partial charge < -0.3 is 9.22 Å². The van der Waals surface area contributed by atoms with Crippen LogP contribution in [0.3, 0.4) is 0 Å². The molecule has 3 aromatic rings. The fraction of sp³-hybridized carbons (Fsp3) is 0.308. The van der Waals surface area contributed by atoms with Crippen LogP contribution in [0.1, 0.15) is 31.9 Å². The molecule has 0 unspecified atom stereocenters. The van der Waals surface area contributed by atoms with Crippen LogP contribution < -0.4 is 4.74 Å². The highest BCUT2D eigenvalue weighted by Crippen LogP contribution is 2.21. The van der Waals surface area contributed by atoms with Crippen LogP contribution in [0.15, 0.2) is 66.7 Å². The molecule has 28 heavy (non-hydrogen) atoms. The zero-order valence-corrected chi connectivity index (χ0v) is 17.4. The Bertz CT molecular complexity index is 894. The van der Waals surface area contributed by atoms with Crippen molar-refractivity contribution in [1.29, 1.82) is 0 Å². The minimum absolute atomic E-state index is 0.765. The van der Waals surface area contributed by atoms with Gasteiger partial charge in [-0.2, -0.15) is 0 Å². The first kappa shape index (κ1) is 20.2.